The maximum atomic E-state index is 2.59. The smallest absolute Gasteiger partial charge is 0.234 e. The Balaban J connectivity index is 2.08. The first kappa shape index (κ1) is 33.2. The fourth-order valence-corrected chi connectivity index (χ4v) is 5.62. The summed E-state index contributed by atoms with van der Waals surface area (Å²) >= 11 is 0. The van der Waals surface area contributed by atoms with Crippen molar-refractivity contribution >= 4 is 0 Å². The van der Waals surface area contributed by atoms with Crippen LogP contribution in [0.3, 0.4) is 0 Å². The molecule has 0 fully saturated rings. The van der Waals surface area contributed by atoms with Crippen LogP contribution in [0, 0.1) is 0 Å². The number of hydrogen-bond acceptors (Lipinski definition) is 0. The van der Waals surface area contributed by atoms with E-state index in [9.17, 15) is 0 Å². The minimum atomic E-state index is 1.21. The van der Waals surface area contributed by atoms with Crippen LogP contribution >= 0.6 is 0 Å². The van der Waals surface area contributed by atoms with Crippen LogP contribution in [0.1, 0.15) is 187 Å². The zero-order valence-electron chi connectivity index (χ0n) is 25.3. The third-order valence-corrected chi connectivity index (χ3v) is 8.10. The molecule has 2 nitrogen and oxygen atoms in total. The molecule has 1 aromatic heterocycles. The SMILES string of the molecule is CCCCCCCCCCCCCCCCCCCc1n(CCCCC)cc[n+]1CCCCCCC. The first-order valence-corrected chi connectivity index (χ1v) is 16.9. The molecule has 1 aromatic rings. The first-order valence-electron chi connectivity index (χ1n) is 16.9. The summed E-state index contributed by atoms with van der Waals surface area (Å²) < 4.78 is 5.17. The third-order valence-electron chi connectivity index (χ3n) is 8.10. The average Bonchev–Trinajstić information content (AvgIpc) is 3.27. The fourth-order valence-electron chi connectivity index (χ4n) is 5.62. The van der Waals surface area contributed by atoms with Gasteiger partial charge in [0.05, 0.1) is 13.1 Å². The Morgan fingerprint density at radius 2 is 0.861 bits per heavy atom. The van der Waals surface area contributed by atoms with E-state index in [1.165, 1.54) is 180 Å². The molecule has 2 heteroatoms. The fraction of sp³-hybridized carbons (Fsp3) is 0.912. The first-order chi connectivity index (χ1) is 17.8. The molecule has 0 aliphatic heterocycles. The van der Waals surface area contributed by atoms with Gasteiger partial charge < -0.3 is 0 Å². The molecule has 0 N–H and O–H groups in total. The van der Waals surface area contributed by atoms with Crippen LogP contribution in [0.2, 0.25) is 0 Å². The summed E-state index contributed by atoms with van der Waals surface area (Å²) in [7, 11) is 0. The maximum absolute atomic E-state index is 2.59. The number of rotatable bonds is 28. The number of nitrogens with zero attached hydrogens (tertiary/aromatic N) is 2. The van der Waals surface area contributed by atoms with E-state index in [4.69, 9.17) is 0 Å². The van der Waals surface area contributed by atoms with Crippen LogP contribution in [-0.2, 0) is 19.5 Å². The second-order valence-electron chi connectivity index (χ2n) is 11.6. The molecular formula is C34H67N2+. The van der Waals surface area contributed by atoms with E-state index >= 15 is 0 Å². The molecule has 0 unspecified atom stereocenters. The summed E-state index contributed by atoms with van der Waals surface area (Å²) in [5, 5.41) is 0. The van der Waals surface area contributed by atoms with Gasteiger partial charge in [-0.1, -0.05) is 149 Å². The minimum Gasteiger partial charge on any atom is -0.234 e. The molecule has 0 aliphatic carbocycles. The van der Waals surface area contributed by atoms with Gasteiger partial charge in [-0.15, -0.1) is 0 Å². The Bertz CT molecular complexity index is 562. The van der Waals surface area contributed by atoms with Gasteiger partial charge >= 0.3 is 0 Å². The maximum Gasteiger partial charge on any atom is 0.256 e. The Hall–Kier alpha value is -0.790. The van der Waals surface area contributed by atoms with Crippen LogP contribution in [0.4, 0.5) is 0 Å². The van der Waals surface area contributed by atoms with Crippen LogP contribution in [0.15, 0.2) is 12.4 Å². The van der Waals surface area contributed by atoms with E-state index in [0.717, 1.165) is 0 Å². The van der Waals surface area contributed by atoms with E-state index in [1.807, 2.05) is 0 Å². The van der Waals surface area contributed by atoms with Gasteiger partial charge in [-0.2, -0.15) is 0 Å². The molecule has 0 saturated carbocycles. The molecule has 0 spiro atoms. The quantitative estimate of drug-likeness (QED) is 0.0794. The number of hydrogen-bond donors (Lipinski definition) is 0. The lowest BCUT2D eigenvalue weighted by Gasteiger charge is -2.07. The van der Waals surface area contributed by atoms with E-state index in [1.54, 1.807) is 5.82 Å². The topological polar surface area (TPSA) is 8.81 Å². The highest BCUT2D eigenvalue weighted by atomic mass is 15.1. The third kappa shape index (κ3) is 18.5. The summed E-state index contributed by atoms with van der Waals surface area (Å²) in [5.41, 5.74) is 0. The number of aromatic nitrogens is 2. The minimum absolute atomic E-state index is 1.21. The lowest BCUT2D eigenvalue weighted by atomic mass is 10.0. The van der Waals surface area contributed by atoms with Gasteiger partial charge in [-0.25, -0.2) is 9.13 Å². The summed E-state index contributed by atoms with van der Waals surface area (Å²) in [6, 6.07) is 0. The standard InChI is InChI=1S/C34H67N2/c1-4-7-10-12-13-14-15-16-17-18-19-20-21-22-23-24-26-29-34-35(30-27-9-6-3)32-33-36(34)31-28-25-11-8-5-2/h32-33H,4-31H2,1-3H3/q+1. The van der Waals surface area contributed by atoms with Crippen molar-refractivity contribution in [2.24, 2.45) is 0 Å². The number of aryl methyl sites for hydroxylation is 2. The molecule has 0 atom stereocenters. The van der Waals surface area contributed by atoms with Crippen LogP contribution < -0.4 is 4.57 Å². The number of unbranched alkanes of at least 4 members (excludes halogenated alkanes) is 22. The molecular weight excluding hydrogens is 436 g/mol. The highest BCUT2D eigenvalue weighted by Gasteiger charge is 2.16. The van der Waals surface area contributed by atoms with Gasteiger partial charge in [0, 0.05) is 6.42 Å². The summed E-state index contributed by atoms with van der Waals surface area (Å²) in [6.07, 6.45) is 41.5. The highest BCUT2D eigenvalue weighted by Crippen LogP contribution is 2.15. The second-order valence-corrected chi connectivity index (χ2v) is 11.6. The van der Waals surface area contributed by atoms with Crippen molar-refractivity contribution in [3.05, 3.63) is 18.2 Å². The Kier molecular flexibility index (Phi) is 23.9. The predicted molar refractivity (Wildman–Crippen MR) is 161 cm³/mol. The van der Waals surface area contributed by atoms with Crippen molar-refractivity contribution in [1.82, 2.24) is 4.57 Å². The molecule has 0 saturated heterocycles. The van der Waals surface area contributed by atoms with Gasteiger partial charge in [0.1, 0.15) is 12.4 Å². The lowest BCUT2D eigenvalue weighted by Crippen LogP contribution is -2.37. The van der Waals surface area contributed by atoms with E-state index < -0.39 is 0 Å². The highest BCUT2D eigenvalue weighted by molar-refractivity contribution is 4.84. The van der Waals surface area contributed by atoms with Gasteiger partial charge in [0.15, 0.2) is 0 Å². The van der Waals surface area contributed by atoms with Crippen LogP contribution in [0.5, 0.6) is 0 Å². The molecule has 212 valence electrons. The van der Waals surface area contributed by atoms with E-state index in [-0.39, 0.29) is 0 Å². The van der Waals surface area contributed by atoms with Crippen molar-refractivity contribution < 1.29 is 4.57 Å². The molecule has 1 rings (SSSR count). The van der Waals surface area contributed by atoms with Gasteiger partial charge in [-0.3, -0.25) is 0 Å². The normalized spacial score (nSPS) is 11.5. The van der Waals surface area contributed by atoms with Crippen LogP contribution in [0.25, 0.3) is 0 Å². The molecule has 0 aromatic carbocycles. The Morgan fingerprint density at radius 1 is 0.472 bits per heavy atom. The van der Waals surface area contributed by atoms with E-state index in [2.05, 4.69) is 42.3 Å². The average molecular weight is 504 g/mol. The number of imidazole rings is 1. The lowest BCUT2D eigenvalue weighted by molar-refractivity contribution is -0.704. The Morgan fingerprint density at radius 3 is 1.33 bits per heavy atom. The van der Waals surface area contributed by atoms with Gasteiger partial charge in [0.25, 0.3) is 5.82 Å². The van der Waals surface area contributed by atoms with Crippen molar-refractivity contribution in [2.45, 2.75) is 201 Å². The summed E-state index contributed by atoms with van der Waals surface area (Å²) in [5.74, 6) is 1.60. The summed E-state index contributed by atoms with van der Waals surface area (Å²) in [4.78, 5) is 0. The van der Waals surface area contributed by atoms with Gasteiger partial charge in [-0.05, 0) is 32.1 Å². The predicted octanol–water partition coefficient (Wildman–Crippen LogP) is 11.1. The van der Waals surface area contributed by atoms with Gasteiger partial charge in [0.2, 0.25) is 0 Å². The molecule has 0 aliphatic rings. The Labute approximate surface area is 228 Å². The summed E-state index contributed by atoms with van der Waals surface area (Å²) in [6.45, 7) is 9.36. The van der Waals surface area contributed by atoms with Crippen molar-refractivity contribution in [1.29, 1.82) is 0 Å². The van der Waals surface area contributed by atoms with Crippen molar-refractivity contribution in [3.8, 4) is 0 Å². The molecule has 0 radical (unpaired) electrons. The molecule has 0 amide bonds. The van der Waals surface area contributed by atoms with E-state index in [0.29, 0.717) is 0 Å². The van der Waals surface area contributed by atoms with Crippen molar-refractivity contribution in [3.63, 3.8) is 0 Å². The second kappa shape index (κ2) is 25.8. The molecule has 1 heterocycles. The zero-order valence-corrected chi connectivity index (χ0v) is 25.3. The zero-order chi connectivity index (χ0) is 25.9. The monoisotopic (exact) mass is 504 g/mol. The largest absolute Gasteiger partial charge is 0.256 e. The van der Waals surface area contributed by atoms with Crippen molar-refractivity contribution in [2.75, 3.05) is 0 Å². The molecule has 0 bridgehead atoms. The van der Waals surface area contributed by atoms with Crippen LogP contribution in [-0.4, -0.2) is 4.57 Å². The molecule has 36 heavy (non-hydrogen) atoms.